The monoisotopic (exact) mass is 261 g/mol. The number of hydrogen-bond donors (Lipinski definition) is 0. The highest BCUT2D eigenvalue weighted by molar-refractivity contribution is 5.78. The lowest BCUT2D eigenvalue weighted by atomic mass is 10.1. The molecule has 2 aromatic heterocycles. The van der Waals surface area contributed by atoms with Crippen molar-refractivity contribution in [1.29, 1.82) is 0 Å². The van der Waals surface area contributed by atoms with Crippen LogP contribution in [0.15, 0.2) is 18.5 Å². The third-order valence-electron chi connectivity index (χ3n) is 2.80. The number of imidazole rings is 1. The molecule has 2 heterocycles. The van der Waals surface area contributed by atoms with Gasteiger partial charge >= 0.3 is 5.97 Å². The van der Waals surface area contributed by atoms with E-state index in [4.69, 9.17) is 4.74 Å². The van der Waals surface area contributed by atoms with Gasteiger partial charge in [0.1, 0.15) is 17.8 Å². The van der Waals surface area contributed by atoms with Crippen LogP contribution < -0.4 is 0 Å². The SMILES string of the molecule is CCOC(=O)Cc1nc2cnccc2n1C(C)(C)C. The van der Waals surface area contributed by atoms with Gasteiger partial charge in [-0.05, 0) is 33.8 Å². The average molecular weight is 261 g/mol. The van der Waals surface area contributed by atoms with Gasteiger partial charge in [-0.15, -0.1) is 0 Å². The molecule has 0 bridgehead atoms. The summed E-state index contributed by atoms with van der Waals surface area (Å²) in [6.07, 6.45) is 3.63. The number of carbonyl (C=O) groups excluding carboxylic acids is 1. The molecule has 0 fully saturated rings. The summed E-state index contributed by atoms with van der Waals surface area (Å²) in [6.45, 7) is 8.44. The van der Waals surface area contributed by atoms with Crippen LogP contribution in [0.4, 0.5) is 0 Å². The Balaban J connectivity index is 2.50. The van der Waals surface area contributed by atoms with Crippen LogP contribution in [0, 0.1) is 0 Å². The molecular formula is C14H19N3O2. The molecule has 0 aromatic carbocycles. The molecule has 102 valence electrons. The second-order valence-electron chi connectivity index (χ2n) is 5.38. The summed E-state index contributed by atoms with van der Waals surface area (Å²) >= 11 is 0. The normalized spacial score (nSPS) is 11.8. The molecule has 0 saturated heterocycles. The van der Waals surface area contributed by atoms with Gasteiger partial charge in [0.2, 0.25) is 0 Å². The third-order valence-corrected chi connectivity index (χ3v) is 2.80. The molecule has 0 unspecified atom stereocenters. The van der Waals surface area contributed by atoms with E-state index in [1.807, 2.05) is 6.07 Å². The van der Waals surface area contributed by atoms with Crippen molar-refractivity contribution >= 4 is 17.0 Å². The molecule has 0 spiro atoms. The molecule has 19 heavy (non-hydrogen) atoms. The van der Waals surface area contributed by atoms with Gasteiger partial charge in [0.25, 0.3) is 0 Å². The Morgan fingerprint density at radius 3 is 2.79 bits per heavy atom. The van der Waals surface area contributed by atoms with E-state index in [9.17, 15) is 4.79 Å². The van der Waals surface area contributed by atoms with Gasteiger partial charge in [-0.1, -0.05) is 0 Å². The standard InChI is InChI=1S/C14H19N3O2/c1-5-19-13(18)8-12-16-10-9-15-7-6-11(10)17(12)14(2,3)4/h6-7,9H,5,8H2,1-4H3. The number of pyridine rings is 1. The second kappa shape index (κ2) is 4.99. The van der Waals surface area contributed by atoms with Gasteiger partial charge < -0.3 is 9.30 Å². The summed E-state index contributed by atoms with van der Waals surface area (Å²) in [5.74, 6) is 0.463. The van der Waals surface area contributed by atoms with Gasteiger partial charge in [0.05, 0.1) is 18.3 Å². The minimum atomic E-state index is -0.253. The Kier molecular flexibility index (Phi) is 3.55. The fourth-order valence-corrected chi connectivity index (χ4v) is 2.19. The van der Waals surface area contributed by atoms with Gasteiger partial charge in [0, 0.05) is 11.7 Å². The molecule has 0 saturated carbocycles. The Bertz CT molecular complexity index is 596. The van der Waals surface area contributed by atoms with Gasteiger partial charge in [0.15, 0.2) is 0 Å². The first-order chi connectivity index (χ1) is 8.93. The molecule has 2 rings (SSSR count). The molecule has 5 heteroatoms. The van der Waals surface area contributed by atoms with Crippen molar-refractivity contribution < 1.29 is 9.53 Å². The third kappa shape index (κ3) is 2.75. The quantitative estimate of drug-likeness (QED) is 0.795. The van der Waals surface area contributed by atoms with Crippen molar-refractivity contribution in [2.24, 2.45) is 0 Å². The Labute approximate surface area is 112 Å². The van der Waals surface area contributed by atoms with Crippen molar-refractivity contribution in [3.8, 4) is 0 Å². The van der Waals surface area contributed by atoms with E-state index in [-0.39, 0.29) is 17.9 Å². The van der Waals surface area contributed by atoms with E-state index in [0.29, 0.717) is 12.4 Å². The molecule has 2 aromatic rings. The van der Waals surface area contributed by atoms with Crippen LogP contribution in [0.1, 0.15) is 33.5 Å². The molecule has 0 aliphatic heterocycles. The highest BCUT2D eigenvalue weighted by Crippen LogP contribution is 2.24. The maximum absolute atomic E-state index is 11.7. The summed E-state index contributed by atoms with van der Waals surface area (Å²) in [5, 5.41) is 0. The van der Waals surface area contributed by atoms with Crippen LogP contribution in [-0.4, -0.2) is 27.1 Å². The molecule has 0 radical (unpaired) electrons. The fraction of sp³-hybridized carbons (Fsp3) is 0.500. The van der Waals surface area contributed by atoms with Crippen LogP contribution >= 0.6 is 0 Å². The maximum atomic E-state index is 11.7. The number of ether oxygens (including phenoxy) is 1. The summed E-state index contributed by atoms with van der Waals surface area (Å²) in [5.41, 5.74) is 1.64. The lowest BCUT2D eigenvalue weighted by molar-refractivity contribution is -0.142. The van der Waals surface area contributed by atoms with E-state index in [1.54, 1.807) is 19.3 Å². The summed E-state index contributed by atoms with van der Waals surface area (Å²) < 4.78 is 7.07. The first-order valence-corrected chi connectivity index (χ1v) is 6.41. The minimum Gasteiger partial charge on any atom is -0.466 e. The van der Waals surface area contributed by atoms with E-state index in [0.717, 1.165) is 11.0 Å². The fourth-order valence-electron chi connectivity index (χ4n) is 2.19. The average Bonchev–Trinajstić information content (AvgIpc) is 2.66. The lowest BCUT2D eigenvalue weighted by Gasteiger charge is -2.24. The van der Waals surface area contributed by atoms with Crippen LogP contribution in [0.5, 0.6) is 0 Å². The zero-order valence-corrected chi connectivity index (χ0v) is 11.8. The van der Waals surface area contributed by atoms with Crippen molar-refractivity contribution in [3.63, 3.8) is 0 Å². The predicted octanol–water partition coefficient (Wildman–Crippen LogP) is 2.29. The smallest absolute Gasteiger partial charge is 0.313 e. The van der Waals surface area contributed by atoms with E-state index < -0.39 is 0 Å². The number of hydrogen-bond acceptors (Lipinski definition) is 4. The first-order valence-electron chi connectivity index (χ1n) is 6.41. The number of carbonyl (C=O) groups is 1. The van der Waals surface area contributed by atoms with Crippen LogP contribution in [0.3, 0.4) is 0 Å². The van der Waals surface area contributed by atoms with E-state index in [1.165, 1.54) is 0 Å². The van der Waals surface area contributed by atoms with Crippen molar-refractivity contribution in [1.82, 2.24) is 14.5 Å². The second-order valence-corrected chi connectivity index (χ2v) is 5.38. The Morgan fingerprint density at radius 1 is 1.42 bits per heavy atom. The lowest BCUT2D eigenvalue weighted by Crippen LogP contribution is -2.25. The topological polar surface area (TPSA) is 57.0 Å². The number of esters is 1. The van der Waals surface area contributed by atoms with Crippen molar-refractivity contribution in [2.45, 2.75) is 39.7 Å². The molecular weight excluding hydrogens is 242 g/mol. The number of aromatic nitrogens is 3. The molecule has 0 aliphatic carbocycles. The van der Waals surface area contributed by atoms with Crippen LogP contribution in [0.2, 0.25) is 0 Å². The molecule has 0 N–H and O–H groups in total. The predicted molar refractivity (Wildman–Crippen MR) is 72.9 cm³/mol. The number of nitrogens with zero attached hydrogens (tertiary/aromatic N) is 3. The Hall–Kier alpha value is -1.91. The van der Waals surface area contributed by atoms with Crippen molar-refractivity contribution in [2.75, 3.05) is 6.61 Å². The van der Waals surface area contributed by atoms with Gasteiger partial charge in [-0.2, -0.15) is 0 Å². The summed E-state index contributed by atoms with van der Waals surface area (Å²) in [6, 6.07) is 1.92. The molecule has 0 amide bonds. The van der Waals surface area contributed by atoms with Crippen LogP contribution in [-0.2, 0) is 21.5 Å². The first kappa shape index (κ1) is 13.5. The van der Waals surface area contributed by atoms with E-state index in [2.05, 4.69) is 35.3 Å². The summed E-state index contributed by atoms with van der Waals surface area (Å²) in [4.78, 5) is 20.3. The highest BCUT2D eigenvalue weighted by atomic mass is 16.5. The van der Waals surface area contributed by atoms with Crippen LogP contribution in [0.25, 0.3) is 11.0 Å². The number of rotatable bonds is 3. The largest absolute Gasteiger partial charge is 0.466 e. The molecule has 0 aliphatic rings. The minimum absolute atomic E-state index is 0.155. The van der Waals surface area contributed by atoms with Gasteiger partial charge in [-0.25, -0.2) is 4.98 Å². The van der Waals surface area contributed by atoms with E-state index >= 15 is 0 Å². The van der Waals surface area contributed by atoms with Crippen molar-refractivity contribution in [3.05, 3.63) is 24.3 Å². The summed E-state index contributed by atoms with van der Waals surface area (Å²) in [7, 11) is 0. The highest BCUT2D eigenvalue weighted by Gasteiger charge is 2.23. The number of fused-ring (bicyclic) bond motifs is 1. The Morgan fingerprint density at radius 2 is 2.16 bits per heavy atom. The zero-order valence-electron chi connectivity index (χ0n) is 11.8. The maximum Gasteiger partial charge on any atom is 0.313 e. The zero-order chi connectivity index (χ0) is 14.0. The molecule has 5 nitrogen and oxygen atoms in total. The van der Waals surface area contributed by atoms with Gasteiger partial charge in [-0.3, -0.25) is 9.78 Å². The molecule has 0 atom stereocenters.